The van der Waals surface area contributed by atoms with E-state index in [1.165, 1.54) is 0 Å². The van der Waals surface area contributed by atoms with Gasteiger partial charge in [-0.05, 0) is 38.0 Å². The SMILES string of the molecule is Cc1noc2nc(C3CC3)cc(C(=O)OCc3cc(-c4ccco4)on3)c12. The minimum absolute atomic E-state index is 0.0179. The molecule has 0 amide bonds. The van der Waals surface area contributed by atoms with Gasteiger partial charge in [0.1, 0.15) is 12.3 Å². The minimum Gasteiger partial charge on any atom is -0.461 e. The van der Waals surface area contributed by atoms with E-state index >= 15 is 0 Å². The number of nitrogens with zero attached hydrogens (tertiary/aromatic N) is 3. The van der Waals surface area contributed by atoms with Gasteiger partial charge in [-0.25, -0.2) is 9.78 Å². The summed E-state index contributed by atoms with van der Waals surface area (Å²) in [5, 5.41) is 8.42. The summed E-state index contributed by atoms with van der Waals surface area (Å²) in [4.78, 5) is 17.2. The minimum atomic E-state index is -0.474. The third-order valence-electron chi connectivity index (χ3n) is 4.53. The number of aromatic nitrogens is 3. The highest BCUT2D eigenvalue weighted by Crippen LogP contribution is 2.40. The number of carbonyl (C=O) groups is 1. The second-order valence-corrected chi connectivity index (χ2v) is 6.55. The van der Waals surface area contributed by atoms with E-state index in [9.17, 15) is 4.79 Å². The molecule has 0 bridgehead atoms. The normalized spacial score (nSPS) is 14.0. The van der Waals surface area contributed by atoms with Gasteiger partial charge in [-0.15, -0.1) is 0 Å². The van der Waals surface area contributed by atoms with Gasteiger partial charge in [0.05, 0.1) is 22.9 Å². The molecule has 8 heteroatoms. The highest BCUT2D eigenvalue weighted by atomic mass is 16.5. The number of furan rings is 1. The largest absolute Gasteiger partial charge is 0.461 e. The van der Waals surface area contributed by atoms with Crippen LogP contribution in [0.15, 0.2) is 44.0 Å². The molecule has 4 aromatic rings. The van der Waals surface area contributed by atoms with E-state index in [2.05, 4.69) is 15.3 Å². The number of carbonyl (C=O) groups excluding carboxylic acids is 1. The molecule has 4 aromatic heterocycles. The molecule has 0 saturated heterocycles. The predicted molar refractivity (Wildman–Crippen MR) is 91.8 cm³/mol. The molecule has 0 radical (unpaired) electrons. The molecule has 1 saturated carbocycles. The van der Waals surface area contributed by atoms with E-state index in [0.29, 0.717) is 45.5 Å². The molecule has 4 heterocycles. The van der Waals surface area contributed by atoms with Crippen LogP contribution in [0.5, 0.6) is 0 Å². The summed E-state index contributed by atoms with van der Waals surface area (Å²) in [5.74, 6) is 0.934. The average Bonchev–Trinajstić information content (AvgIpc) is 3.07. The zero-order chi connectivity index (χ0) is 18.4. The Balaban J connectivity index is 1.39. The number of pyridine rings is 1. The molecule has 5 rings (SSSR count). The second kappa shape index (κ2) is 6.08. The molecular weight excluding hydrogens is 350 g/mol. The summed E-state index contributed by atoms with van der Waals surface area (Å²) < 4.78 is 21.2. The van der Waals surface area contributed by atoms with Crippen LogP contribution in [0.4, 0.5) is 0 Å². The monoisotopic (exact) mass is 365 g/mol. The van der Waals surface area contributed by atoms with Crippen molar-refractivity contribution in [3.63, 3.8) is 0 Å². The predicted octanol–water partition coefficient (Wildman–Crippen LogP) is 4.01. The Hall–Kier alpha value is -3.42. The molecule has 1 aliphatic carbocycles. The fraction of sp³-hybridized carbons (Fsp3) is 0.263. The van der Waals surface area contributed by atoms with E-state index in [4.69, 9.17) is 18.2 Å². The van der Waals surface area contributed by atoms with Gasteiger partial charge in [0, 0.05) is 17.7 Å². The lowest BCUT2D eigenvalue weighted by molar-refractivity contribution is 0.0466. The van der Waals surface area contributed by atoms with Crippen LogP contribution in [-0.4, -0.2) is 21.3 Å². The van der Waals surface area contributed by atoms with Crippen molar-refractivity contribution in [2.24, 2.45) is 0 Å². The molecule has 0 N–H and O–H groups in total. The van der Waals surface area contributed by atoms with Gasteiger partial charge < -0.3 is 18.2 Å². The topological polar surface area (TPSA) is 104 Å². The van der Waals surface area contributed by atoms with Crippen molar-refractivity contribution in [3.8, 4) is 11.5 Å². The van der Waals surface area contributed by atoms with Crippen molar-refractivity contribution in [2.45, 2.75) is 32.3 Å². The van der Waals surface area contributed by atoms with Gasteiger partial charge >= 0.3 is 5.97 Å². The summed E-state index contributed by atoms with van der Waals surface area (Å²) in [6.07, 6.45) is 3.67. The van der Waals surface area contributed by atoms with Gasteiger partial charge in [0.2, 0.25) is 5.76 Å². The number of rotatable bonds is 5. The number of fused-ring (bicyclic) bond motifs is 1. The lowest BCUT2D eigenvalue weighted by atomic mass is 10.1. The number of esters is 1. The summed E-state index contributed by atoms with van der Waals surface area (Å²) >= 11 is 0. The van der Waals surface area contributed by atoms with Crippen LogP contribution < -0.4 is 0 Å². The molecule has 0 unspecified atom stereocenters. The van der Waals surface area contributed by atoms with E-state index in [1.807, 2.05) is 0 Å². The Morgan fingerprint density at radius 2 is 2.11 bits per heavy atom. The van der Waals surface area contributed by atoms with Crippen molar-refractivity contribution >= 4 is 17.1 Å². The van der Waals surface area contributed by atoms with Crippen LogP contribution in [0, 0.1) is 6.92 Å². The van der Waals surface area contributed by atoms with E-state index in [1.54, 1.807) is 37.5 Å². The third kappa shape index (κ3) is 2.88. The Kier molecular flexibility index (Phi) is 3.56. The standard InChI is InChI=1S/C19H15N3O5/c1-10-17-13(8-14(11-4-5-11)20-18(17)27-21-10)19(23)25-9-12-7-16(26-22-12)15-3-2-6-24-15/h2-3,6-8,11H,4-5,9H2,1H3. The Bertz CT molecular complexity index is 1120. The first-order chi connectivity index (χ1) is 13.2. The average molecular weight is 365 g/mol. The highest BCUT2D eigenvalue weighted by molar-refractivity contribution is 6.03. The number of ether oxygens (including phenoxy) is 1. The number of hydrogen-bond donors (Lipinski definition) is 0. The van der Waals surface area contributed by atoms with E-state index in [0.717, 1.165) is 18.5 Å². The Labute approximate surface area is 153 Å². The second-order valence-electron chi connectivity index (χ2n) is 6.55. The third-order valence-corrected chi connectivity index (χ3v) is 4.53. The molecule has 0 aliphatic heterocycles. The van der Waals surface area contributed by atoms with Crippen molar-refractivity contribution < 1.29 is 23.0 Å². The zero-order valence-electron chi connectivity index (χ0n) is 14.5. The molecule has 0 aromatic carbocycles. The first-order valence-corrected chi connectivity index (χ1v) is 8.62. The first kappa shape index (κ1) is 15.8. The maximum atomic E-state index is 12.7. The van der Waals surface area contributed by atoms with Crippen LogP contribution in [-0.2, 0) is 11.3 Å². The quantitative estimate of drug-likeness (QED) is 0.489. The van der Waals surface area contributed by atoms with Crippen LogP contribution in [0.2, 0.25) is 0 Å². The molecule has 0 spiro atoms. The van der Waals surface area contributed by atoms with Crippen LogP contribution in [0.1, 0.15) is 46.2 Å². The lowest BCUT2D eigenvalue weighted by Gasteiger charge is -2.06. The Morgan fingerprint density at radius 1 is 1.22 bits per heavy atom. The highest BCUT2D eigenvalue weighted by Gasteiger charge is 2.29. The molecule has 1 fully saturated rings. The summed E-state index contributed by atoms with van der Waals surface area (Å²) in [6.45, 7) is 1.75. The summed E-state index contributed by atoms with van der Waals surface area (Å²) in [5.41, 5.74) is 2.71. The summed E-state index contributed by atoms with van der Waals surface area (Å²) in [7, 11) is 0. The Morgan fingerprint density at radius 3 is 2.89 bits per heavy atom. The lowest BCUT2D eigenvalue weighted by Crippen LogP contribution is -2.08. The van der Waals surface area contributed by atoms with Crippen LogP contribution in [0.3, 0.4) is 0 Å². The van der Waals surface area contributed by atoms with Gasteiger partial charge in [0.25, 0.3) is 5.71 Å². The zero-order valence-corrected chi connectivity index (χ0v) is 14.5. The molecule has 27 heavy (non-hydrogen) atoms. The fourth-order valence-corrected chi connectivity index (χ4v) is 2.99. The van der Waals surface area contributed by atoms with Crippen molar-refractivity contribution in [3.05, 3.63) is 53.2 Å². The van der Waals surface area contributed by atoms with Crippen molar-refractivity contribution in [2.75, 3.05) is 0 Å². The molecule has 8 nitrogen and oxygen atoms in total. The van der Waals surface area contributed by atoms with E-state index in [-0.39, 0.29) is 6.61 Å². The maximum Gasteiger partial charge on any atom is 0.339 e. The van der Waals surface area contributed by atoms with Crippen LogP contribution >= 0.6 is 0 Å². The molecule has 1 aliphatic rings. The van der Waals surface area contributed by atoms with Gasteiger partial charge in [-0.2, -0.15) is 0 Å². The molecule has 136 valence electrons. The van der Waals surface area contributed by atoms with Gasteiger partial charge in [-0.1, -0.05) is 10.3 Å². The maximum absolute atomic E-state index is 12.7. The van der Waals surface area contributed by atoms with Crippen molar-refractivity contribution in [1.82, 2.24) is 15.3 Å². The number of hydrogen-bond acceptors (Lipinski definition) is 8. The molecular formula is C19H15N3O5. The van der Waals surface area contributed by atoms with E-state index < -0.39 is 5.97 Å². The van der Waals surface area contributed by atoms with Gasteiger partial charge in [0.15, 0.2) is 5.76 Å². The van der Waals surface area contributed by atoms with Crippen LogP contribution in [0.25, 0.3) is 22.6 Å². The smallest absolute Gasteiger partial charge is 0.339 e. The fourth-order valence-electron chi connectivity index (χ4n) is 2.99. The number of aryl methyl sites for hydroxylation is 1. The first-order valence-electron chi connectivity index (χ1n) is 8.62. The molecule has 0 atom stereocenters. The summed E-state index contributed by atoms with van der Waals surface area (Å²) in [6, 6.07) is 6.97. The van der Waals surface area contributed by atoms with Crippen molar-refractivity contribution in [1.29, 1.82) is 0 Å². The van der Waals surface area contributed by atoms with Gasteiger partial charge in [-0.3, -0.25) is 0 Å².